The molecule has 1 aromatic carbocycles. The molecule has 0 radical (unpaired) electrons. The second-order valence-electron chi connectivity index (χ2n) is 2.90. The van der Waals surface area contributed by atoms with Crippen molar-refractivity contribution in [3.05, 3.63) is 32.7 Å². The predicted molar refractivity (Wildman–Crippen MR) is 67.1 cm³/mol. The molecule has 6 heteroatoms. The van der Waals surface area contributed by atoms with Crippen molar-refractivity contribution in [1.29, 1.82) is 0 Å². The van der Waals surface area contributed by atoms with Crippen molar-refractivity contribution in [2.45, 2.75) is 0 Å². The molecule has 0 bridgehead atoms. The van der Waals surface area contributed by atoms with Gasteiger partial charge in [-0.2, -0.15) is 0 Å². The van der Waals surface area contributed by atoms with Crippen LogP contribution in [0.5, 0.6) is 0 Å². The van der Waals surface area contributed by atoms with Crippen LogP contribution in [0.3, 0.4) is 0 Å². The van der Waals surface area contributed by atoms with Gasteiger partial charge in [0, 0.05) is 16.1 Å². The second-order valence-corrected chi connectivity index (χ2v) is 4.67. The third kappa shape index (κ3) is 4.21. The Morgan fingerprint density at radius 1 is 1.38 bits per heavy atom. The first-order valence-electron chi connectivity index (χ1n) is 4.51. The normalized spacial score (nSPS) is 10.2. The van der Waals surface area contributed by atoms with Crippen LogP contribution in [0.15, 0.2) is 27.1 Å². The second kappa shape index (κ2) is 7.01. The van der Waals surface area contributed by atoms with E-state index >= 15 is 0 Å². The molecule has 0 heterocycles. The average Bonchev–Trinajstić information content (AvgIpc) is 2.24. The largest absolute Gasteiger partial charge is 0.382 e. The number of hydrogen-bond acceptors (Lipinski definition) is 3. The number of benzene rings is 1. The van der Waals surface area contributed by atoms with Gasteiger partial charge in [0.1, 0.15) is 0 Å². The van der Waals surface area contributed by atoms with E-state index in [0.29, 0.717) is 23.2 Å². The van der Waals surface area contributed by atoms with E-state index in [-0.39, 0.29) is 5.91 Å². The molecule has 0 aliphatic carbocycles. The molecular formula is C10H11Br2NO3. The van der Waals surface area contributed by atoms with Crippen LogP contribution in [0.25, 0.3) is 0 Å². The highest BCUT2D eigenvalue weighted by molar-refractivity contribution is 9.11. The molecule has 16 heavy (non-hydrogen) atoms. The van der Waals surface area contributed by atoms with E-state index in [1.165, 1.54) is 0 Å². The summed E-state index contributed by atoms with van der Waals surface area (Å²) in [7, 11) is 1.57. The summed E-state index contributed by atoms with van der Waals surface area (Å²) >= 11 is 6.61. The Morgan fingerprint density at radius 3 is 2.75 bits per heavy atom. The minimum Gasteiger partial charge on any atom is -0.382 e. The van der Waals surface area contributed by atoms with Gasteiger partial charge in [0.25, 0.3) is 5.91 Å². The number of carbonyl (C=O) groups is 1. The van der Waals surface area contributed by atoms with Crippen molar-refractivity contribution in [3.8, 4) is 0 Å². The van der Waals surface area contributed by atoms with Crippen LogP contribution in [-0.2, 0) is 9.57 Å². The lowest BCUT2D eigenvalue weighted by Gasteiger charge is -2.07. The fraction of sp³-hybridized carbons (Fsp3) is 0.300. The Balaban J connectivity index is 2.53. The van der Waals surface area contributed by atoms with Crippen LogP contribution in [0, 0.1) is 0 Å². The first-order valence-corrected chi connectivity index (χ1v) is 6.10. The average molecular weight is 353 g/mol. The van der Waals surface area contributed by atoms with E-state index in [9.17, 15) is 4.79 Å². The summed E-state index contributed by atoms with van der Waals surface area (Å²) in [4.78, 5) is 16.5. The number of ether oxygens (including phenoxy) is 1. The molecule has 0 aliphatic heterocycles. The molecule has 0 saturated heterocycles. The van der Waals surface area contributed by atoms with Crippen LogP contribution in [0.2, 0.25) is 0 Å². The van der Waals surface area contributed by atoms with E-state index in [4.69, 9.17) is 9.57 Å². The van der Waals surface area contributed by atoms with Gasteiger partial charge in [0.15, 0.2) is 0 Å². The number of halogens is 2. The number of methoxy groups -OCH3 is 1. The lowest BCUT2D eigenvalue weighted by atomic mass is 10.2. The molecule has 0 unspecified atom stereocenters. The molecule has 4 nitrogen and oxygen atoms in total. The summed E-state index contributed by atoms with van der Waals surface area (Å²) in [5, 5.41) is 0. The van der Waals surface area contributed by atoms with Crippen LogP contribution in [0.1, 0.15) is 10.4 Å². The summed E-state index contributed by atoms with van der Waals surface area (Å²) < 4.78 is 6.38. The molecule has 0 aromatic heterocycles. The summed E-state index contributed by atoms with van der Waals surface area (Å²) in [6.45, 7) is 0.748. The van der Waals surface area contributed by atoms with Crippen molar-refractivity contribution in [2.24, 2.45) is 0 Å². The van der Waals surface area contributed by atoms with E-state index in [1.54, 1.807) is 25.3 Å². The molecule has 0 aliphatic rings. The van der Waals surface area contributed by atoms with Crippen molar-refractivity contribution >= 4 is 37.8 Å². The zero-order valence-electron chi connectivity index (χ0n) is 8.63. The van der Waals surface area contributed by atoms with Crippen molar-refractivity contribution < 1.29 is 14.4 Å². The molecule has 0 atom stereocenters. The third-order valence-corrected chi connectivity index (χ3v) is 2.88. The molecule has 0 spiro atoms. The van der Waals surface area contributed by atoms with Gasteiger partial charge in [-0.1, -0.05) is 15.9 Å². The number of amides is 1. The first-order chi connectivity index (χ1) is 7.65. The Kier molecular flexibility index (Phi) is 5.97. The van der Waals surface area contributed by atoms with E-state index < -0.39 is 0 Å². The lowest BCUT2D eigenvalue weighted by molar-refractivity contribution is 0.00884. The maximum absolute atomic E-state index is 11.6. The minimum atomic E-state index is -0.296. The molecule has 1 rings (SSSR count). The van der Waals surface area contributed by atoms with Gasteiger partial charge < -0.3 is 4.74 Å². The molecule has 1 aromatic rings. The molecule has 88 valence electrons. The Morgan fingerprint density at radius 2 is 2.12 bits per heavy atom. The van der Waals surface area contributed by atoms with Gasteiger partial charge in [-0.05, 0) is 34.1 Å². The SMILES string of the molecule is COCCONC(=O)c1ccc(Br)cc1Br. The zero-order valence-corrected chi connectivity index (χ0v) is 11.8. The summed E-state index contributed by atoms with van der Waals surface area (Å²) in [5.74, 6) is -0.296. The summed E-state index contributed by atoms with van der Waals surface area (Å²) in [6, 6.07) is 5.28. The highest BCUT2D eigenvalue weighted by atomic mass is 79.9. The van der Waals surface area contributed by atoms with Crippen molar-refractivity contribution in [2.75, 3.05) is 20.3 Å². The van der Waals surface area contributed by atoms with Gasteiger partial charge in [-0.25, -0.2) is 5.48 Å². The smallest absolute Gasteiger partial charge is 0.275 e. The van der Waals surface area contributed by atoms with Gasteiger partial charge in [-0.15, -0.1) is 0 Å². The number of nitrogens with one attached hydrogen (secondary N) is 1. The number of hydrogen-bond donors (Lipinski definition) is 1. The number of hydroxylamine groups is 1. The monoisotopic (exact) mass is 351 g/mol. The van der Waals surface area contributed by atoms with Gasteiger partial charge in [-0.3, -0.25) is 9.63 Å². The topological polar surface area (TPSA) is 47.6 Å². The minimum absolute atomic E-state index is 0.296. The number of carbonyl (C=O) groups excluding carboxylic acids is 1. The first kappa shape index (κ1) is 13.6. The Labute approximate surface area is 111 Å². The quantitative estimate of drug-likeness (QED) is 0.654. The van der Waals surface area contributed by atoms with Gasteiger partial charge in [0.2, 0.25) is 0 Å². The zero-order chi connectivity index (χ0) is 12.0. The standard InChI is InChI=1S/C10H11Br2NO3/c1-15-4-5-16-13-10(14)8-3-2-7(11)6-9(8)12/h2-3,6H,4-5H2,1H3,(H,13,14). The van der Waals surface area contributed by atoms with Crippen molar-refractivity contribution in [3.63, 3.8) is 0 Å². The van der Waals surface area contributed by atoms with Gasteiger partial charge >= 0.3 is 0 Å². The molecular weight excluding hydrogens is 342 g/mol. The lowest BCUT2D eigenvalue weighted by Crippen LogP contribution is -2.25. The van der Waals surface area contributed by atoms with E-state index in [2.05, 4.69) is 37.3 Å². The van der Waals surface area contributed by atoms with Crippen LogP contribution < -0.4 is 5.48 Å². The Bertz CT molecular complexity index is 371. The van der Waals surface area contributed by atoms with Crippen LogP contribution >= 0.6 is 31.9 Å². The molecule has 1 amide bonds. The fourth-order valence-corrected chi connectivity index (χ4v) is 2.20. The highest BCUT2D eigenvalue weighted by Crippen LogP contribution is 2.21. The van der Waals surface area contributed by atoms with Gasteiger partial charge in [0.05, 0.1) is 18.8 Å². The third-order valence-electron chi connectivity index (χ3n) is 1.73. The van der Waals surface area contributed by atoms with Crippen LogP contribution in [-0.4, -0.2) is 26.2 Å². The van der Waals surface area contributed by atoms with E-state index in [1.807, 2.05) is 0 Å². The van der Waals surface area contributed by atoms with Crippen molar-refractivity contribution in [1.82, 2.24) is 5.48 Å². The predicted octanol–water partition coefficient (Wildman–Crippen LogP) is 2.52. The molecule has 0 fully saturated rings. The maximum Gasteiger partial charge on any atom is 0.275 e. The van der Waals surface area contributed by atoms with Crippen LogP contribution in [0.4, 0.5) is 0 Å². The fourth-order valence-electron chi connectivity index (χ4n) is 0.970. The highest BCUT2D eigenvalue weighted by Gasteiger charge is 2.09. The summed E-state index contributed by atoms with van der Waals surface area (Å²) in [6.07, 6.45) is 0. The molecule has 0 saturated carbocycles. The molecule has 1 N–H and O–H groups in total. The maximum atomic E-state index is 11.6. The number of rotatable bonds is 5. The summed E-state index contributed by atoms with van der Waals surface area (Å²) in [5.41, 5.74) is 2.84. The van der Waals surface area contributed by atoms with E-state index in [0.717, 1.165) is 4.47 Å². The Hall–Kier alpha value is -0.430.